The average Bonchev–Trinajstić information content (AvgIpc) is 2.76. The summed E-state index contributed by atoms with van der Waals surface area (Å²) in [6.45, 7) is 21.3. The molecule has 3 aromatic rings. The molecule has 0 heterocycles. The fourth-order valence-corrected chi connectivity index (χ4v) is 4.39. The summed E-state index contributed by atoms with van der Waals surface area (Å²) in [5, 5.41) is 21.7. The molecular formula is C33H42N2O2. The molecule has 0 unspecified atom stereocenters. The van der Waals surface area contributed by atoms with Crippen LogP contribution in [0.15, 0.2) is 58.5 Å². The number of aryl methyl sites for hydroxylation is 1. The number of para-hydroxylation sites is 2. The Morgan fingerprint density at radius 3 is 1.54 bits per heavy atom. The van der Waals surface area contributed by atoms with E-state index in [1.165, 1.54) is 5.56 Å². The highest BCUT2D eigenvalue weighted by molar-refractivity contribution is 5.90. The molecule has 0 bridgehead atoms. The molecule has 4 heteroatoms. The summed E-state index contributed by atoms with van der Waals surface area (Å²) >= 11 is 0. The predicted octanol–water partition coefficient (Wildman–Crippen LogP) is 8.80. The van der Waals surface area contributed by atoms with Crippen LogP contribution >= 0.6 is 0 Å². The Hall–Kier alpha value is -3.40. The van der Waals surface area contributed by atoms with Crippen molar-refractivity contribution >= 4 is 23.8 Å². The molecule has 0 amide bonds. The maximum absolute atomic E-state index is 10.9. The van der Waals surface area contributed by atoms with Gasteiger partial charge in [-0.2, -0.15) is 0 Å². The second-order valence-corrected chi connectivity index (χ2v) is 13.0. The van der Waals surface area contributed by atoms with Gasteiger partial charge in [0.2, 0.25) is 0 Å². The second kappa shape index (κ2) is 10.2. The standard InChI is InChI=1S/C33H42N2O2/c1-21-15-23(30(37)26(16-21)33(8,9)10)20-35-28-14-12-11-13-27(28)34-19-22-17-24(31(2,3)4)25(18-29(22)36)32(5,6)7/h11-20,36-37H,1-10H3. The maximum atomic E-state index is 10.9. The number of rotatable bonds is 4. The molecule has 0 aromatic heterocycles. The summed E-state index contributed by atoms with van der Waals surface area (Å²) in [5.74, 6) is 0.462. The van der Waals surface area contributed by atoms with Gasteiger partial charge in [-0.15, -0.1) is 0 Å². The van der Waals surface area contributed by atoms with Gasteiger partial charge in [0.05, 0.1) is 11.4 Å². The minimum absolute atomic E-state index is 0.0805. The van der Waals surface area contributed by atoms with Crippen LogP contribution in [0.1, 0.15) is 95.7 Å². The quantitative estimate of drug-likeness (QED) is 0.353. The van der Waals surface area contributed by atoms with Crippen LogP contribution < -0.4 is 0 Å². The van der Waals surface area contributed by atoms with Gasteiger partial charge < -0.3 is 10.2 Å². The van der Waals surface area contributed by atoms with Gasteiger partial charge in [-0.05, 0) is 70.2 Å². The second-order valence-electron chi connectivity index (χ2n) is 13.0. The molecule has 0 fully saturated rings. The first kappa shape index (κ1) is 28.2. The Kier molecular flexibility index (Phi) is 7.74. The summed E-state index contributed by atoms with van der Waals surface area (Å²) in [6.07, 6.45) is 3.40. The zero-order chi connectivity index (χ0) is 27.8. The highest BCUT2D eigenvalue weighted by Crippen LogP contribution is 2.38. The maximum Gasteiger partial charge on any atom is 0.128 e. The lowest BCUT2D eigenvalue weighted by atomic mass is 9.74. The monoisotopic (exact) mass is 498 g/mol. The van der Waals surface area contributed by atoms with Crippen LogP contribution in [0.4, 0.5) is 11.4 Å². The molecular weight excluding hydrogens is 456 g/mol. The highest BCUT2D eigenvalue weighted by atomic mass is 16.3. The summed E-state index contributed by atoms with van der Waals surface area (Å²) < 4.78 is 0. The van der Waals surface area contributed by atoms with Crippen molar-refractivity contribution in [3.63, 3.8) is 0 Å². The van der Waals surface area contributed by atoms with E-state index in [0.717, 1.165) is 16.7 Å². The molecule has 0 saturated heterocycles. The first-order valence-corrected chi connectivity index (χ1v) is 12.9. The van der Waals surface area contributed by atoms with Crippen molar-refractivity contribution in [1.29, 1.82) is 0 Å². The molecule has 3 aromatic carbocycles. The van der Waals surface area contributed by atoms with E-state index in [1.54, 1.807) is 12.4 Å². The first-order chi connectivity index (χ1) is 17.0. The van der Waals surface area contributed by atoms with Crippen LogP contribution in [0.3, 0.4) is 0 Å². The number of nitrogens with zero attached hydrogens (tertiary/aromatic N) is 2. The molecule has 0 aliphatic carbocycles. The van der Waals surface area contributed by atoms with E-state index in [2.05, 4.69) is 67.3 Å². The summed E-state index contributed by atoms with van der Waals surface area (Å²) in [5.41, 5.74) is 6.63. The minimum atomic E-state index is -0.183. The van der Waals surface area contributed by atoms with Crippen LogP contribution in [0.2, 0.25) is 0 Å². The minimum Gasteiger partial charge on any atom is -0.507 e. The zero-order valence-electron chi connectivity index (χ0n) is 24.1. The number of phenols is 2. The molecule has 2 N–H and O–H groups in total. The lowest BCUT2D eigenvalue weighted by Gasteiger charge is -2.30. The number of phenolic OH excluding ortho intramolecular Hbond substituents is 2. The highest BCUT2D eigenvalue weighted by Gasteiger charge is 2.26. The molecule has 0 aliphatic heterocycles. The van der Waals surface area contributed by atoms with Gasteiger partial charge in [0.15, 0.2) is 0 Å². The predicted molar refractivity (Wildman–Crippen MR) is 158 cm³/mol. The van der Waals surface area contributed by atoms with E-state index in [0.29, 0.717) is 22.5 Å². The molecule has 0 saturated carbocycles. The summed E-state index contributed by atoms with van der Waals surface area (Å²) in [4.78, 5) is 9.38. The number of aromatic hydroxyl groups is 2. The Labute approximate surface area is 222 Å². The fraction of sp³-hybridized carbons (Fsp3) is 0.394. The van der Waals surface area contributed by atoms with Crippen molar-refractivity contribution in [3.05, 3.63) is 81.9 Å². The molecule has 196 valence electrons. The van der Waals surface area contributed by atoms with Crippen molar-refractivity contribution < 1.29 is 10.2 Å². The number of aliphatic imine (C=N–C) groups is 2. The van der Waals surface area contributed by atoms with Crippen LogP contribution in [0.25, 0.3) is 0 Å². The van der Waals surface area contributed by atoms with Crippen LogP contribution in [0.5, 0.6) is 11.5 Å². The van der Waals surface area contributed by atoms with Crippen molar-refractivity contribution in [2.75, 3.05) is 0 Å². The van der Waals surface area contributed by atoms with E-state index < -0.39 is 0 Å². The van der Waals surface area contributed by atoms with Gasteiger partial charge in [-0.25, -0.2) is 0 Å². The normalized spacial score (nSPS) is 13.1. The zero-order valence-corrected chi connectivity index (χ0v) is 24.1. The van der Waals surface area contributed by atoms with Crippen molar-refractivity contribution in [3.8, 4) is 11.5 Å². The van der Waals surface area contributed by atoms with E-state index >= 15 is 0 Å². The number of benzene rings is 3. The molecule has 0 spiro atoms. The van der Waals surface area contributed by atoms with Gasteiger partial charge >= 0.3 is 0 Å². The number of hydrogen-bond acceptors (Lipinski definition) is 4. The third-order valence-electron chi connectivity index (χ3n) is 6.44. The van der Waals surface area contributed by atoms with Gasteiger partial charge in [0.25, 0.3) is 0 Å². The van der Waals surface area contributed by atoms with Gasteiger partial charge in [-0.1, -0.05) is 80.5 Å². The Balaban J connectivity index is 2.02. The van der Waals surface area contributed by atoms with Crippen molar-refractivity contribution in [2.45, 2.75) is 85.5 Å². The lowest BCUT2D eigenvalue weighted by molar-refractivity contribution is 0.445. The van der Waals surface area contributed by atoms with Crippen LogP contribution in [-0.4, -0.2) is 22.6 Å². The van der Waals surface area contributed by atoms with E-state index in [-0.39, 0.29) is 27.7 Å². The molecule has 0 radical (unpaired) electrons. The third-order valence-corrected chi connectivity index (χ3v) is 6.44. The molecule has 37 heavy (non-hydrogen) atoms. The Bertz CT molecular complexity index is 1340. The van der Waals surface area contributed by atoms with Gasteiger partial charge in [0, 0.05) is 29.1 Å². The van der Waals surface area contributed by atoms with E-state index in [9.17, 15) is 10.2 Å². The average molecular weight is 499 g/mol. The summed E-state index contributed by atoms with van der Waals surface area (Å²) in [7, 11) is 0. The smallest absolute Gasteiger partial charge is 0.128 e. The van der Waals surface area contributed by atoms with E-state index in [4.69, 9.17) is 4.99 Å². The SMILES string of the molecule is Cc1cc(C=Nc2ccccc2N=Cc2cc(C(C)(C)C)c(C(C)(C)C)cc2O)c(O)c(C(C)(C)C)c1. The fourth-order valence-electron chi connectivity index (χ4n) is 4.39. The topological polar surface area (TPSA) is 65.2 Å². The Morgan fingerprint density at radius 2 is 1.05 bits per heavy atom. The largest absolute Gasteiger partial charge is 0.507 e. The molecule has 0 atom stereocenters. The Morgan fingerprint density at radius 1 is 0.595 bits per heavy atom. The van der Waals surface area contributed by atoms with E-state index in [1.807, 2.05) is 55.5 Å². The first-order valence-electron chi connectivity index (χ1n) is 12.9. The van der Waals surface area contributed by atoms with Crippen LogP contribution in [-0.2, 0) is 16.2 Å². The lowest BCUT2D eigenvalue weighted by Crippen LogP contribution is -2.22. The van der Waals surface area contributed by atoms with Crippen LogP contribution in [0, 0.1) is 6.92 Å². The van der Waals surface area contributed by atoms with Crippen molar-refractivity contribution in [1.82, 2.24) is 0 Å². The van der Waals surface area contributed by atoms with Gasteiger partial charge in [0.1, 0.15) is 11.5 Å². The molecule has 3 rings (SSSR count). The number of hydrogen-bond donors (Lipinski definition) is 2. The summed E-state index contributed by atoms with van der Waals surface area (Å²) in [6, 6.07) is 15.5. The van der Waals surface area contributed by atoms with Gasteiger partial charge in [-0.3, -0.25) is 9.98 Å². The molecule has 0 aliphatic rings. The molecule has 4 nitrogen and oxygen atoms in total. The third kappa shape index (κ3) is 6.68. The van der Waals surface area contributed by atoms with Crippen molar-refractivity contribution in [2.24, 2.45) is 9.98 Å².